The van der Waals surface area contributed by atoms with Crippen LogP contribution in [0, 0.1) is 5.92 Å². The first kappa shape index (κ1) is 16.0. The molecule has 3 aliphatic heterocycles. The molecule has 5 rings (SSSR count). The number of anilines is 2. The van der Waals surface area contributed by atoms with Gasteiger partial charge >= 0.3 is 6.03 Å². The number of β-amino-alcohol motifs (C(OH)–C–C–N with tert-alkyl or cyclic N) is 1. The molecule has 130 valence electrons. The Morgan fingerprint density at radius 3 is 2.71 bits per heavy atom. The number of amides is 2. The van der Waals surface area contributed by atoms with Crippen molar-refractivity contribution in [3.8, 4) is 0 Å². The van der Waals surface area contributed by atoms with Crippen LogP contribution in [0.5, 0.6) is 0 Å². The van der Waals surface area contributed by atoms with Crippen LogP contribution in [0.2, 0.25) is 5.02 Å². The summed E-state index contributed by atoms with van der Waals surface area (Å²) in [5.41, 5.74) is 1.64. The predicted octanol–water partition coefficient (Wildman–Crippen LogP) is 3.32. The van der Waals surface area contributed by atoms with Crippen LogP contribution < -0.4 is 10.2 Å². The number of rotatable bonds is 2. The number of carbonyl (C=O) groups excluding carboxylic acids is 1. The van der Waals surface area contributed by atoms with Crippen LogP contribution in [0.4, 0.5) is 16.2 Å². The van der Waals surface area contributed by atoms with Gasteiger partial charge in [0.05, 0.1) is 16.8 Å². The van der Waals surface area contributed by atoms with Crippen molar-refractivity contribution in [2.24, 2.45) is 5.92 Å². The number of nitrogens with one attached hydrogen (secondary N) is 1. The van der Waals surface area contributed by atoms with Gasteiger partial charge in [0.2, 0.25) is 0 Å². The summed E-state index contributed by atoms with van der Waals surface area (Å²) in [5.74, 6) is 0.724. The second-order valence-electron chi connectivity index (χ2n) is 7.51. The van der Waals surface area contributed by atoms with Crippen molar-refractivity contribution in [1.82, 2.24) is 4.90 Å². The minimum Gasteiger partial charge on any atom is -0.391 e. The van der Waals surface area contributed by atoms with Crippen LogP contribution in [0.15, 0.2) is 18.2 Å². The van der Waals surface area contributed by atoms with Gasteiger partial charge in [-0.25, -0.2) is 4.79 Å². The summed E-state index contributed by atoms with van der Waals surface area (Å²) in [4.78, 5) is 16.7. The van der Waals surface area contributed by atoms with Crippen molar-refractivity contribution < 1.29 is 9.90 Å². The lowest BCUT2D eigenvalue weighted by Gasteiger charge is -2.54. The van der Waals surface area contributed by atoms with E-state index in [-0.39, 0.29) is 12.1 Å². The summed E-state index contributed by atoms with van der Waals surface area (Å²) < 4.78 is 0. The molecular formula is C18H24ClN3O2. The van der Waals surface area contributed by atoms with E-state index in [1.54, 1.807) is 0 Å². The van der Waals surface area contributed by atoms with E-state index in [1.165, 1.54) is 0 Å². The van der Waals surface area contributed by atoms with Gasteiger partial charge < -0.3 is 20.2 Å². The number of fused-ring (bicyclic) bond motifs is 2. The average Bonchev–Trinajstić information content (AvgIpc) is 2.95. The Kier molecular flexibility index (Phi) is 4.09. The third-order valence-electron chi connectivity index (χ3n) is 5.62. The SMILES string of the molecule is CC1CC2CC(C1)N2C(=O)Nc1ccc(Cl)c(N2CC[C@H](O)C2)c1. The lowest BCUT2D eigenvalue weighted by atomic mass is 9.74. The van der Waals surface area contributed by atoms with Crippen molar-refractivity contribution in [3.05, 3.63) is 23.2 Å². The number of benzene rings is 1. The zero-order chi connectivity index (χ0) is 16.8. The highest BCUT2D eigenvalue weighted by molar-refractivity contribution is 6.33. The molecule has 3 atom stereocenters. The quantitative estimate of drug-likeness (QED) is 0.861. The summed E-state index contributed by atoms with van der Waals surface area (Å²) in [6.45, 7) is 3.64. The molecule has 2 bridgehead atoms. The number of aliphatic hydroxyl groups is 1. The molecule has 2 amide bonds. The number of nitrogens with zero attached hydrogens (tertiary/aromatic N) is 2. The summed E-state index contributed by atoms with van der Waals surface area (Å²) in [7, 11) is 0. The topological polar surface area (TPSA) is 55.8 Å². The van der Waals surface area contributed by atoms with Crippen molar-refractivity contribution in [3.63, 3.8) is 0 Å². The highest BCUT2D eigenvalue weighted by Gasteiger charge is 2.46. The number of carbonyl (C=O) groups is 1. The zero-order valence-electron chi connectivity index (χ0n) is 13.9. The summed E-state index contributed by atoms with van der Waals surface area (Å²) >= 11 is 6.31. The molecular weight excluding hydrogens is 326 g/mol. The van der Waals surface area contributed by atoms with E-state index in [4.69, 9.17) is 11.6 Å². The number of halogens is 1. The molecule has 0 spiro atoms. The first-order valence-electron chi connectivity index (χ1n) is 8.83. The molecule has 1 aromatic carbocycles. The number of hydrogen-bond acceptors (Lipinski definition) is 3. The van der Waals surface area contributed by atoms with Crippen molar-refractivity contribution in [2.45, 2.75) is 50.8 Å². The maximum absolute atomic E-state index is 12.6. The van der Waals surface area contributed by atoms with Gasteiger partial charge in [0.1, 0.15) is 0 Å². The summed E-state index contributed by atoms with van der Waals surface area (Å²) in [6.07, 6.45) is 3.82. The second kappa shape index (κ2) is 6.12. The molecule has 1 aliphatic carbocycles. The fraction of sp³-hybridized carbons (Fsp3) is 0.611. The van der Waals surface area contributed by atoms with Gasteiger partial charge in [-0.2, -0.15) is 0 Å². The molecule has 0 radical (unpaired) electrons. The van der Waals surface area contributed by atoms with E-state index >= 15 is 0 Å². The fourth-order valence-corrected chi connectivity index (χ4v) is 4.70. The number of urea groups is 1. The minimum atomic E-state index is -0.304. The third-order valence-corrected chi connectivity index (χ3v) is 5.94. The van der Waals surface area contributed by atoms with Gasteiger partial charge in [-0.1, -0.05) is 18.5 Å². The second-order valence-corrected chi connectivity index (χ2v) is 7.92. The van der Waals surface area contributed by atoms with Crippen molar-refractivity contribution >= 4 is 29.0 Å². The Labute approximate surface area is 147 Å². The maximum Gasteiger partial charge on any atom is 0.322 e. The number of piperidine rings is 1. The van der Waals surface area contributed by atoms with Crippen LogP contribution in [0.25, 0.3) is 0 Å². The zero-order valence-corrected chi connectivity index (χ0v) is 14.7. The van der Waals surface area contributed by atoms with Crippen LogP contribution in [-0.2, 0) is 0 Å². The Morgan fingerprint density at radius 1 is 1.29 bits per heavy atom. The molecule has 0 aromatic heterocycles. The van der Waals surface area contributed by atoms with E-state index in [9.17, 15) is 9.90 Å². The molecule has 2 N–H and O–H groups in total. The maximum atomic E-state index is 12.6. The molecule has 1 aromatic rings. The Bertz CT molecular complexity index is 641. The van der Waals surface area contributed by atoms with Crippen LogP contribution >= 0.6 is 11.6 Å². The molecule has 6 heteroatoms. The van der Waals surface area contributed by atoms with Gasteiger partial charge in [-0.15, -0.1) is 0 Å². The van der Waals surface area contributed by atoms with Crippen molar-refractivity contribution in [2.75, 3.05) is 23.3 Å². The normalized spacial score (nSPS) is 31.8. The molecule has 3 saturated heterocycles. The molecule has 5 nitrogen and oxygen atoms in total. The van der Waals surface area contributed by atoms with Crippen LogP contribution in [-0.4, -0.2) is 47.3 Å². The van der Waals surface area contributed by atoms with Gasteiger partial charge in [0.25, 0.3) is 0 Å². The standard InChI is InChI=1S/C18H24ClN3O2/c1-11-6-13-9-14(7-11)22(13)18(24)20-12-2-3-16(19)17(8-12)21-5-4-15(23)10-21/h2-3,8,11,13-15,23H,4-7,9-10H2,1H3,(H,20,24)/t11?,13?,14?,15-/m0/s1. The summed E-state index contributed by atoms with van der Waals surface area (Å²) in [6, 6.07) is 6.37. The lowest BCUT2D eigenvalue weighted by Crippen LogP contribution is -2.63. The van der Waals surface area contributed by atoms with E-state index in [2.05, 4.69) is 17.1 Å². The van der Waals surface area contributed by atoms with Gasteiger partial charge in [-0.05, 0) is 49.8 Å². The van der Waals surface area contributed by atoms with Gasteiger partial charge in [0.15, 0.2) is 0 Å². The van der Waals surface area contributed by atoms with Crippen LogP contribution in [0.3, 0.4) is 0 Å². The molecule has 3 heterocycles. The Hall–Kier alpha value is -1.46. The molecule has 4 aliphatic rings. The van der Waals surface area contributed by atoms with E-state index in [0.29, 0.717) is 23.7 Å². The Morgan fingerprint density at radius 2 is 2.04 bits per heavy atom. The predicted molar refractivity (Wildman–Crippen MR) is 95.7 cm³/mol. The molecule has 1 saturated carbocycles. The largest absolute Gasteiger partial charge is 0.391 e. The lowest BCUT2D eigenvalue weighted by molar-refractivity contribution is -0.00600. The first-order chi connectivity index (χ1) is 11.5. The van der Waals surface area contributed by atoms with Crippen molar-refractivity contribution in [1.29, 1.82) is 0 Å². The van der Waals surface area contributed by atoms with E-state index in [1.807, 2.05) is 23.1 Å². The highest BCUT2D eigenvalue weighted by atomic mass is 35.5. The first-order valence-corrected chi connectivity index (χ1v) is 9.21. The summed E-state index contributed by atoms with van der Waals surface area (Å²) in [5, 5.41) is 13.4. The fourth-order valence-electron chi connectivity index (χ4n) is 4.46. The van der Waals surface area contributed by atoms with E-state index in [0.717, 1.165) is 49.5 Å². The number of hydrogen-bond donors (Lipinski definition) is 2. The van der Waals surface area contributed by atoms with E-state index < -0.39 is 0 Å². The average molecular weight is 350 g/mol. The Balaban J connectivity index is 1.46. The number of aliphatic hydroxyl groups excluding tert-OH is 1. The molecule has 4 fully saturated rings. The smallest absolute Gasteiger partial charge is 0.322 e. The third kappa shape index (κ3) is 2.84. The van der Waals surface area contributed by atoms with Gasteiger partial charge in [-0.3, -0.25) is 0 Å². The van der Waals surface area contributed by atoms with Gasteiger partial charge in [0, 0.05) is 30.9 Å². The highest BCUT2D eigenvalue weighted by Crippen LogP contribution is 2.41. The molecule has 24 heavy (non-hydrogen) atoms. The minimum absolute atomic E-state index is 0.00196. The monoisotopic (exact) mass is 349 g/mol. The molecule has 2 unspecified atom stereocenters. The van der Waals surface area contributed by atoms with Crippen LogP contribution in [0.1, 0.15) is 32.6 Å².